The van der Waals surface area contributed by atoms with E-state index in [0.29, 0.717) is 53.6 Å². The summed E-state index contributed by atoms with van der Waals surface area (Å²) in [5.41, 5.74) is 1.45. The highest BCUT2D eigenvalue weighted by atomic mass is 35.5. The van der Waals surface area contributed by atoms with Crippen LogP contribution in [0.15, 0.2) is 57.9 Å². The van der Waals surface area contributed by atoms with E-state index in [0.717, 1.165) is 5.56 Å². The van der Waals surface area contributed by atoms with E-state index < -0.39 is 0 Å². The van der Waals surface area contributed by atoms with Gasteiger partial charge in [0.25, 0.3) is 5.91 Å². The number of amides is 1. The second-order valence-electron chi connectivity index (χ2n) is 6.43. The normalized spacial score (nSPS) is 14.2. The van der Waals surface area contributed by atoms with Gasteiger partial charge in [0.1, 0.15) is 17.6 Å². The summed E-state index contributed by atoms with van der Waals surface area (Å²) in [6.07, 6.45) is 1.43. The summed E-state index contributed by atoms with van der Waals surface area (Å²) in [7, 11) is 0. The fraction of sp³-hybridized carbons (Fsp3) is 0.238. The molecule has 0 saturated carbocycles. The van der Waals surface area contributed by atoms with E-state index in [1.807, 2.05) is 0 Å². The minimum Gasteiger partial charge on any atom is -0.484 e. The van der Waals surface area contributed by atoms with Crippen LogP contribution >= 0.6 is 11.6 Å². The van der Waals surface area contributed by atoms with Crippen molar-refractivity contribution in [1.29, 1.82) is 0 Å². The number of hydrogen-bond donors (Lipinski definition) is 0. The number of fused-ring (bicyclic) bond motifs is 1. The maximum Gasteiger partial charge on any atom is 0.260 e. The summed E-state index contributed by atoms with van der Waals surface area (Å²) in [5.74, 6) is 0.374. The molecule has 1 fully saturated rings. The van der Waals surface area contributed by atoms with E-state index in [2.05, 4.69) is 0 Å². The summed E-state index contributed by atoms with van der Waals surface area (Å²) >= 11 is 5.90. The number of rotatable bonds is 4. The zero-order chi connectivity index (χ0) is 19.5. The quantitative estimate of drug-likeness (QED) is 0.673. The monoisotopic (exact) mass is 399 g/mol. The van der Waals surface area contributed by atoms with Crippen molar-refractivity contribution < 1.29 is 18.7 Å². The van der Waals surface area contributed by atoms with Crippen molar-refractivity contribution >= 4 is 28.5 Å². The van der Waals surface area contributed by atoms with Gasteiger partial charge in [-0.3, -0.25) is 9.59 Å². The van der Waals surface area contributed by atoms with Gasteiger partial charge in [0.05, 0.1) is 24.2 Å². The molecule has 0 spiro atoms. The van der Waals surface area contributed by atoms with Gasteiger partial charge in [0.15, 0.2) is 12.0 Å². The lowest BCUT2D eigenvalue weighted by atomic mass is 10.1. The van der Waals surface area contributed by atoms with Gasteiger partial charge in [-0.05, 0) is 29.8 Å². The molecule has 2 heterocycles. The van der Waals surface area contributed by atoms with Crippen LogP contribution in [-0.4, -0.2) is 43.7 Å². The predicted molar refractivity (Wildman–Crippen MR) is 106 cm³/mol. The average Bonchev–Trinajstić information content (AvgIpc) is 2.74. The van der Waals surface area contributed by atoms with Gasteiger partial charge in [-0.25, -0.2) is 0 Å². The summed E-state index contributed by atoms with van der Waals surface area (Å²) in [4.78, 5) is 26.7. The van der Waals surface area contributed by atoms with Crippen LogP contribution in [0, 0.1) is 0 Å². The Bertz CT molecular complexity index is 1050. The number of carbonyl (C=O) groups excluding carboxylic acids is 1. The number of carbonyl (C=O) groups is 1. The predicted octanol–water partition coefficient (Wildman–Crippen LogP) is 3.35. The average molecular weight is 400 g/mol. The third-order valence-corrected chi connectivity index (χ3v) is 4.88. The Morgan fingerprint density at radius 3 is 2.61 bits per heavy atom. The molecule has 7 heteroatoms. The second kappa shape index (κ2) is 8.04. The van der Waals surface area contributed by atoms with Crippen molar-refractivity contribution in [2.24, 2.45) is 0 Å². The van der Waals surface area contributed by atoms with Gasteiger partial charge < -0.3 is 18.8 Å². The van der Waals surface area contributed by atoms with Gasteiger partial charge in [0.2, 0.25) is 0 Å². The van der Waals surface area contributed by atoms with Gasteiger partial charge in [0, 0.05) is 24.2 Å². The molecule has 1 aliphatic heterocycles. The molecule has 0 atom stereocenters. The zero-order valence-electron chi connectivity index (χ0n) is 15.0. The Labute approximate surface area is 166 Å². The van der Waals surface area contributed by atoms with Crippen molar-refractivity contribution in [1.82, 2.24) is 4.90 Å². The van der Waals surface area contributed by atoms with Crippen LogP contribution in [0.5, 0.6) is 5.75 Å². The Morgan fingerprint density at radius 1 is 1.11 bits per heavy atom. The molecule has 28 heavy (non-hydrogen) atoms. The van der Waals surface area contributed by atoms with Crippen LogP contribution < -0.4 is 10.2 Å². The maximum atomic E-state index is 12.8. The van der Waals surface area contributed by atoms with E-state index in [-0.39, 0.29) is 17.9 Å². The Morgan fingerprint density at radius 2 is 1.86 bits per heavy atom. The van der Waals surface area contributed by atoms with Crippen LogP contribution in [0.1, 0.15) is 0 Å². The molecular formula is C21H18ClNO5. The summed E-state index contributed by atoms with van der Waals surface area (Å²) in [6, 6.07) is 11.9. The lowest BCUT2D eigenvalue weighted by Gasteiger charge is -2.26. The topological polar surface area (TPSA) is 69.0 Å². The van der Waals surface area contributed by atoms with Gasteiger partial charge in [-0.2, -0.15) is 0 Å². The number of morpholine rings is 1. The first-order valence-electron chi connectivity index (χ1n) is 8.91. The first kappa shape index (κ1) is 18.5. The van der Waals surface area contributed by atoms with Crippen molar-refractivity contribution in [2.75, 3.05) is 32.9 Å². The smallest absolute Gasteiger partial charge is 0.260 e. The van der Waals surface area contributed by atoms with Crippen LogP contribution in [-0.2, 0) is 9.53 Å². The number of halogens is 1. The SMILES string of the molecule is O=C(COc1ccc2c(=O)c(-c3ccc(Cl)cc3)coc2c1)N1CCOCC1. The fourth-order valence-electron chi connectivity index (χ4n) is 3.08. The third-order valence-electron chi connectivity index (χ3n) is 4.63. The van der Waals surface area contributed by atoms with Crippen molar-refractivity contribution in [3.05, 3.63) is 64.0 Å². The van der Waals surface area contributed by atoms with Crippen molar-refractivity contribution in [3.63, 3.8) is 0 Å². The largest absolute Gasteiger partial charge is 0.484 e. The van der Waals surface area contributed by atoms with E-state index in [1.165, 1.54) is 6.26 Å². The first-order valence-corrected chi connectivity index (χ1v) is 9.29. The maximum absolute atomic E-state index is 12.8. The molecule has 4 rings (SSSR count). The summed E-state index contributed by atoms with van der Waals surface area (Å²) < 4.78 is 16.5. The molecule has 1 aliphatic rings. The molecule has 0 bridgehead atoms. The van der Waals surface area contributed by atoms with Crippen LogP contribution in [0.25, 0.3) is 22.1 Å². The first-order chi connectivity index (χ1) is 13.6. The standard InChI is InChI=1S/C21H18ClNO5/c22-15-3-1-14(2-4-15)18-12-28-19-11-16(5-6-17(19)21(18)25)27-13-20(24)23-7-9-26-10-8-23/h1-6,11-12H,7-10,13H2. The van der Waals surface area contributed by atoms with E-state index in [1.54, 1.807) is 47.4 Å². The summed E-state index contributed by atoms with van der Waals surface area (Å²) in [6.45, 7) is 2.16. The Kier molecular flexibility index (Phi) is 5.32. The van der Waals surface area contributed by atoms with Crippen LogP contribution in [0.4, 0.5) is 0 Å². The molecule has 1 saturated heterocycles. The third kappa shape index (κ3) is 3.88. The molecule has 6 nitrogen and oxygen atoms in total. The molecular weight excluding hydrogens is 382 g/mol. The van der Waals surface area contributed by atoms with E-state index in [9.17, 15) is 9.59 Å². The van der Waals surface area contributed by atoms with E-state index in [4.69, 9.17) is 25.5 Å². The Balaban J connectivity index is 1.53. The highest BCUT2D eigenvalue weighted by Crippen LogP contribution is 2.24. The molecule has 1 aromatic heterocycles. The second-order valence-corrected chi connectivity index (χ2v) is 6.86. The molecule has 0 unspecified atom stereocenters. The molecule has 0 N–H and O–H groups in total. The number of benzene rings is 2. The molecule has 144 valence electrons. The fourth-order valence-corrected chi connectivity index (χ4v) is 3.20. The lowest BCUT2D eigenvalue weighted by molar-refractivity contribution is -0.137. The van der Waals surface area contributed by atoms with Crippen LogP contribution in [0.2, 0.25) is 5.02 Å². The summed E-state index contributed by atoms with van der Waals surface area (Å²) in [5, 5.41) is 1.04. The van der Waals surface area contributed by atoms with Gasteiger partial charge >= 0.3 is 0 Å². The number of nitrogens with zero attached hydrogens (tertiary/aromatic N) is 1. The van der Waals surface area contributed by atoms with Crippen molar-refractivity contribution in [3.8, 4) is 16.9 Å². The highest BCUT2D eigenvalue weighted by Gasteiger charge is 2.17. The van der Waals surface area contributed by atoms with E-state index >= 15 is 0 Å². The lowest BCUT2D eigenvalue weighted by Crippen LogP contribution is -2.42. The molecule has 2 aromatic carbocycles. The molecule has 0 aliphatic carbocycles. The van der Waals surface area contributed by atoms with Crippen molar-refractivity contribution in [2.45, 2.75) is 0 Å². The van der Waals surface area contributed by atoms with Gasteiger partial charge in [-0.15, -0.1) is 0 Å². The highest BCUT2D eigenvalue weighted by molar-refractivity contribution is 6.30. The Hall–Kier alpha value is -2.83. The molecule has 0 radical (unpaired) electrons. The molecule has 3 aromatic rings. The minimum absolute atomic E-state index is 0.0708. The van der Waals surface area contributed by atoms with Gasteiger partial charge in [-0.1, -0.05) is 23.7 Å². The molecule has 1 amide bonds. The minimum atomic E-state index is -0.139. The van der Waals surface area contributed by atoms with Crippen LogP contribution in [0.3, 0.4) is 0 Å². The zero-order valence-corrected chi connectivity index (χ0v) is 15.8. The number of ether oxygens (including phenoxy) is 2. The number of hydrogen-bond acceptors (Lipinski definition) is 5.